The van der Waals surface area contributed by atoms with Crippen LogP contribution in [0.2, 0.25) is 0 Å². The van der Waals surface area contributed by atoms with E-state index in [1.807, 2.05) is 13.8 Å². The van der Waals surface area contributed by atoms with Crippen molar-refractivity contribution in [1.82, 2.24) is 4.98 Å². The molecule has 0 radical (unpaired) electrons. The molecule has 0 aliphatic carbocycles. The summed E-state index contributed by atoms with van der Waals surface area (Å²) < 4.78 is 5.29. The molecule has 15 heavy (non-hydrogen) atoms. The number of carbonyl (C=O) groups is 1. The Kier molecular flexibility index (Phi) is 2.41. The van der Waals surface area contributed by atoms with Crippen LogP contribution in [0.1, 0.15) is 24.4 Å². The molecule has 78 valence electrons. The molecule has 4 heteroatoms. The lowest BCUT2D eigenvalue weighted by Gasteiger charge is -2.08. The van der Waals surface area contributed by atoms with Crippen molar-refractivity contribution >= 4 is 23.1 Å². The second kappa shape index (κ2) is 3.73. The quantitative estimate of drug-likeness (QED) is 0.780. The minimum atomic E-state index is 0.290. The molecule has 0 atom stereocenters. The van der Waals surface area contributed by atoms with Gasteiger partial charge in [0, 0.05) is 12.2 Å². The summed E-state index contributed by atoms with van der Waals surface area (Å²) in [5.74, 6) is 1.07. The molecule has 0 aliphatic rings. The summed E-state index contributed by atoms with van der Waals surface area (Å²) in [6, 6.07) is 3.73. The number of rotatable bonds is 3. The van der Waals surface area contributed by atoms with Gasteiger partial charge in [-0.15, -0.1) is 0 Å². The monoisotopic (exact) mass is 204 g/mol. The number of pyridine rings is 1. The topological polar surface area (TPSA) is 55.1 Å². The molecule has 0 aromatic carbocycles. The molecule has 2 heterocycles. The SMILES string of the molecule is CC(C)Nc1nccc2oc(C=O)cc12. The number of hydrogen-bond donors (Lipinski definition) is 1. The molecule has 2 aromatic heterocycles. The maximum Gasteiger partial charge on any atom is 0.185 e. The zero-order chi connectivity index (χ0) is 10.8. The van der Waals surface area contributed by atoms with Crippen LogP contribution in [0, 0.1) is 0 Å². The van der Waals surface area contributed by atoms with Gasteiger partial charge < -0.3 is 9.73 Å². The molecule has 1 N–H and O–H groups in total. The van der Waals surface area contributed by atoms with E-state index in [4.69, 9.17) is 4.42 Å². The summed E-state index contributed by atoms with van der Waals surface area (Å²) in [6.45, 7) is 4.06. The van der Waals surface area contributed by atoms with Crippen LogP contribution < -0.4 is 5.32 Å². The van der Waals surface area contributed by atoms with Gasteiger partial charge in [-0.1, -0.05) is 0 Å². The van der Waals surface area contributed by atoms with Gasteiger partial charge in [-0.3, -0.25) is 4.79 Å². The number of furan rings is 1. The number of fused-ring (bicyclic) bond motifs is 1. The van der Waals surface area contributed by atoms with E-state index in [1.165, 1.54) is 0 Å². The Morgan fingerprint density at radius 3 is 3.00 bits per heavy atom. The number of hydrogen-bond acceptors (Lipinski definition) is 4. The van der Waals surface area contributed by atoms with Crippen LogP contribution in [0.4, 0.5) is 5.82 Å². The Labute approximate surface area is 87.3 Å². The molecule has 0 bridgehead atoms. The van der Waals surface area contributed by atoms with Crippen LogP contribution in [0.3, 0.4) is 0 Å². The van der Waals surface area contributed by atoms with Crippen LogP contribution in [-0.2, 0) is 0 Å². The Morgan fingerprint density at radius 2 is 2.33 bits per heavy atom. The van der Waals surface area contributed by atoms with Gasteiger partial charge in [0.25, 0.3) is 0 Å². The van der Waals surface area contributed by atoms with Crippen molar-refractivity contribution in [3.63, 3.8) is 0 Å². The van der Waals surface area contributed by atoms with Crippen LogP contribution in [-0.4, -0.2) is 17.3 Å². The Morgan fingerprint density at radius 1 is 1.53 bits per heavy atom. The summed E-state index contributed by atoms with van der Waals surface area (Å²) in [5, 5.41) is 4.04. The third-order valence-electron chi connectivity index (χ3n) is 2.01. The molecule has 0 spiro atoms. The normalized spacial score (nSPS) is 10.9. The predicted molar refractivity (Wildman–Crippen MR) is 58.2 cm³/mol. The fourth-order valence-electron chi connectivity index (χ4n) is 1.43. The van der Waals surface area contributed by atoms with Crippen molar-refractivity contribution in [1.29, 1.82) is 0 Å². The third kappa shape index (κ3) is 1.83. The van der Waals surface area contributed by atoms with Gasteiger partial charge in [0.05, 0.1) is 5.39 Å². The molecular formula is C11H12N2O2. The average molecular weight is 204 g/mol. The second-order valence-electron chi connectivity index (χ2n) is 3.64. The van der Waals surface area contributed by atoms with Crippen LogP contribution in [0.5, 0.6) is 0 Å². The van der Waals surface area contributed by atoms with Gasteiger partial charge in [0.1, 0.15) is 11.4 Å². The van der Waals surface area contributed by atoms with Crippen molar-refractivity contribution in [2.45, 2.75) is 19.9 Å². The summed E-state index contributed by atoms with van der Waals surface area (Å²) in [6.07, 6.45) is 2.35. The molecule has 0 saturated carbocycles. The van der Waals surface area contributed by atoms with Gasteiger partial charge >= 0.3 is 0 Å². The van der Waals surface area contributed by atoms with Gasteiger partial charge in [-0.25, -0.2) is 4.98 Å². The Hall–Kier alpha value is -1.84. The average Bonchev–Trinajstić information content (AvgIpc) is 2.61. The molecule has 0 amide bonds. The summed E-state index contributed by atoms with van der Waals surface area (Å²) in [4.78, 5) is 14.8. The van der Waals surface area contributed by atoms with E-state index < -0.39 is 0 Å². The highest BCUT2D eigenvalue weighted by molar-refractivity contribution is 5.92. The number of carbonyl (C=O) groups excluding carboxylic acids is 1. The first kappa shape index (κ1) is 9.71. The highest BCUT2D eigenvalue weighted by Crippen LogP contribution is 2.24. The third-order valence-corrected chi connectivity index (χ3v) is 2.01. The largest absolute Gasteiger partial charge is 0.453 e. The maximum atomic E-state index is 10.6. The minimum absolute atomic E-state index is 0.290. The van der Waals surface area contributed by atoms with E-state index in [9.17, 15) is 4.79 Å². The van der Waals surface area contributed by atoms with Crippen molar-refractivity contribution in [3.8, 4) is 0 Å². The van der Waals surface area contributed by atoms with E-state index >= 15 is 0 Å². The molecule has 0 unspecified atom stereocenters. The fourth-order valence-corrected chi connectivity index (χ4v) is 1.43. The summed E-state index contributed by atoms with van der Waals surface area (Å²) in [7, 11) is 0. The maximum absolute atomic E-state index is 10.6. The first-order valence-electron chi connectivity index (χ1n) is 4.81. The van der Waals surface area contributed by atoms with Crippen molar-refractivity contribution in [3.05, 3.63) is 24.1 Å². The lowest BCUT2D eigenvalue weighted by atomic mass is 10.3. The highest BCUT2D eigenvalue weighted by atomic mass is 16.3. The number of aldehydes is 1. The van der Waals surface area contributed by atoms with E-state index in [2.05, 4.69) is 10.3 Å². The lowest BCUT2D eigenvalue weighted by molar-refractivity contribution is 0.110. The number of nitrogens with one attached hydrogen (secondary N) is 1. The van der Waals surface area contributed by atoms with E-state index in [-0.39, 0.29) is 6.04 Å². The number of anilines is 1. The second-order valence-corrected chi connectivity index (χ2v) is 3.64. The van der Waals surface area contributed by atoms with E-state index in [1.54, 1.807) is 18.3 Å². The van der Waals surface area contributed by atoms with Gasteiger partial charge in [-0.05, 0) is 26.0 Å². The van der Waals surface area contributed by atoms with Crippen molar-refractivity contribution in [2.75, 3.05) is 5.32 Å². The zero-order valence-electron chi connectivity index (χ0n) is 8.65. The molecular weight excluding hydrogens is 192 g/mol. The van der Waals surface area contributed by atoms with Crippen LogP contribution >= 0.6 is 0 Å². The number of nitrogens with zero attached hydrogens (tertiary/aromatic N) is 1. The van der Waals surface area contributed by atoms with Gasteiger partial charge in [-0.2, -0.15) is 0 Å². The predicted octanol–water partition coefficient (Wildman–Crippen LogP) is 2.46. The number of aromatic nitrogens is 1. The van der Waals surface area contributed by atoms with Crippen LogP contribution in [0.25, 0.3) is 11.0 Å². The van der Waals surface area contributed by atoms with Crippen molar-refractivity contribution in [2.24, 2.45) is 0 Å². The van der Waals surface area contributed by atoms with Gasteiger partial charge in [0.2, 0.25) is 0 Å². The highest BCUT2D eigenvalue weighted by Gasteiger charge is 2.08. The molecule has 0 fully saturated rings. The molecule has 2 rings (SSSR count). The fraction of sp³-hybridized carbons (Fsp3) is 0.273. The van der Waals surface area contributed by atoms with Gasteiger partial charge in [0.15, 0.2) is 12.0 Å². The standard InChI is InChI=1S/C11H12N2O2/c1-7(2)13-11-9-5-8(6-14)15-10(9)3-4-12-11/h3-7H,1-2H3,(H,12,13). The molecule has 4 nitrogen and oxygen atoms in total. The minimum Gasteiger partial charge on any atom is -0.453 e. The molecule has 2 aromatic rings. The smallest absolute Gasteiger partial charge is 0.185 e. The van der Waals surface area contributed by atoms with Crippen LogP contribution in [0.15, 0.2) is 22.7 Å². The first-order chi connectivity index (χ1) is 7.20. The van der Waals surface area contributed by atoms with E-state index in [0.29, 0.717) is 17.6 Å². The molecule has 0 saturated heterocycles. The lowest BCUT2D eigenvalue weighted by Crippen LogP contribution is -2.10. The zero-order valence-corrected chi connectivity index (χ0v) is 8.65. The Balaban J connectivity index is 2.54. The molecule has 0 aliphatic heterocycles. The first-order valence-corrected chi connectivity index (χ1v) is 4.81. The van der Waals surface area contributed by atoms with Crippen molar-refractivity contribution < 1.29 is 9.21 Å². The van der Waals surface area contributed by atoms with E-state index in [0.717, 1.165) is 11.2 Å². The Bertz CT molecular complexity index is 488. The summed E-state index contributed by atoms with van der Waals surface area (Å²) in [5.41, 5.74) is 0.676. The summed E-state index contributed by atoms with van der Waals surface area (Å²) >= 11 is 0.